The molecule has 0 aromatic carbocycles. The largest absolute Gasteiger partial charge is 0.460 e. The SMILES string of the molecule is CCCCCCCCCCCCCCC=CC(=O)OC[C@@H](O)CO. The molecule has 0 amide bonds. The lowest BCUT2D eigenvalue weighted by Crippen LogP contribution is -2.21. The fourth-order valence-corrected chi connectivity index (χ4v) is 2.56. The molecule has 0 radical (unpaired) electrons. The van der Waals surface area contributed by atoms with Crippen LogP contribution in [0.5, 0.6) is 0 Å². The molecule has 0 aliphatic carbocycles. The van der Waals surface area contributed by atoms with Crippen LogP contribution >= 0.6 is 0 Å². The van der Waals surface area contributed by atoms with E-state index in [0.717, 1.165) is 12.8 Å². The van der Waals surface area contributed by atoms with Crippen LogP contribution < -0.4 is 0 Å². The minimum Gasteiger partial charge on any atom is -0.460 e. The maximum Gasteiger partial charge on any atom is 0.330 e. The van der Waals surface area contributed by atoms with Crippen molar-refractivity contribution in [3.63, 3.8) is 0 Å². The van der Waals surface area contributed by atoms with E-state index in [1.54, 1.807) is 0 Å². The van der Waals surface area contributed by atoms with E-state index >= 15 is 0 Å². The molecule has 0 aromatic rings. The molecule has 0 heterocycles. The number of unbranched alkanes of at least 4 members (excludes halogenated alkanes) is 12. The monoisotopic (exact) mass is 342 g/mol. The summed E-state index contributed by atoms with van der Waals surface area (Å²) in [4.78, 5) is 11.3. The Hall–Kier alpha value is -0.870. The number of hydrogen-bond donors (Lipinski definition) is 2. The molecule has 0 saturated carbocycles. The Balaban J connectivity index is 3.24. The van der Waals surface area contributed by atoms with Gasteiger partial charge < -0.3 is 14.9 Å². The molecule has 0 bridgehead atoms. The van der Waals surface area contributed by atoms with Crippen LogP contribution in [0.4, 0.5) is 0 Å². The number of aliphatic hydroxyl groups is 2. The first kappa shape index (κ1) is 23.1. The zero-order chi connectivity index (χ0) is 17.9. The Morgan fingerprint density at radius 1 is 0.917 bits per heavy atom. The minimum atomic E-state index is -0.987. The minimum absolute atomic E-state index is 0.154. The first-order chi connectivity index (χ1) is 11.7. The fourth-order valence-electron chi connectivity index (χ4n) is 2.56. The highest BCUT2D eigenvalue weighted by Crippen LogP contribution is 2.12. The summed E-state index contributed by atoms with van der Waals surface area (Å²) in [5.41, 5.74) is 0. The van der Waals surface area contributed by atoms with Crippen molar-refractivity contribution in [2.75, 3.05) is 13.2 Å². The molecule has 1 atom stereocenters. The molecule has 0 aliphatic heterocycles. The van der Waals surface area contributed by atoms with E-state index in [-0.39, 0.29) is 6.61 Å². The van der Waals surface area contributed by atoms with Crippen LogP contribution in [0.2, 0.25) is 0 Å². The number of aliphatic hydroxyl groups excluding tert-OH is 2. The van der Waals surface area contributed by atoms with E-state index in [0.29, 0.717) is 0 Å². The third-order valence-electron chi connectivity index (χ3n) is 4.11. The molecular formula is C20H38O4. The number of carbonyl (C=O) groups excluding carboxylic acids is 1. The molecular weight excluding hydrogens is 304 g/mol. The lowest BCUT2D eigenvalue weighted by Gasteiger charge is -2.06. The Bertz CT molecular complexity index is 302. The molecule has 0 spiro atoms. The van der Waals surface area contributed by atoms with Crippen LogP contribution in [0.15, 0.2) is 12.2 Å². The second-order valence-corrected chi connectivity index (χ2v) is 6.55. The van der Waals surface area contributed by atoms with Crippen molar-refractivity contribution >= 4 is 5.97 Å². The summed E-state index contributed by atoms with van der Waals surface area (Å²) in [6, 6.07) is 0. The molecule has 24 heavy (non-hydrogen) atoms. The van der Waals surface area contributed by atoms with E-state index in [4.69, 9.17) is 14.9 Å². The van der Waals surface area contributed by atoms with Crippen LogP contribution in [-0.2, 0) is 9.53 Å². The molecule has 0 aliphatic rings. The Morgan fingerprint density at radius 2 is 1.42 bits per heavy atom. The molecule has 2 N–H and O–H groups in total. The standard InChI is InChI=1S/C20H38O4/c1-2-3-4-5-6-7-8-9-10-11-12-13-14-15-16-20(23)24-18-19(22)17-21/h15-16,19,21-22H,2-14,17-18H2,1H3/t19-/m0/s1. The summed E-state index contributed by atoms with van der Waals surface area (Å²) in [6.45, 7) is 1.71. The summed E-state index contributed by atoms with van der Waals surface area (Å²) in [7, 11) is 0. The van der Waals surface area contributed by atoms with Gasteiger partial charge in [0.2, 0.25) is 0 Å². The van der Waals surface area contributed by atoms with Crippen molar-refractivity contribution in [3.8, 4) is 0 Å². The van der Waals surface area contributed by atoms with Gasteiger partial charge in [0.1, 0.15) is 12.7 Å². The molecule has 142 valence electrons. The van der Waals surface area contributed by atoms with Gasteiger partial charge in [-0.3, -0.25) is 0 Å². The third kappa shape index (κ3) is 17.5. The molecule has 0 saturated heterocycles. The average Bonchev–Trinajstić information content (AvgIpc) is 2.59. The van der Waals surface area contributed by atoms with Crippen molar-refractivity contribution in [2.45, 2.75) is 96.5 Å². The van der Waals surface area contributed by atoms with Crippen LogP contribution in [0.3, 0.4) is 0 Å². The van der Waals surface area contributed by atoms with Gasteiger partial charge in [-0.2, -0.15) is 0 Å². The highest BCUT2D eigenvalue weighted by Gasteiger charge is 2.04. The van der Waals surface area contributed by atoms with Gasteiger partial charge in [-0.1, -0.05) is 83.6 Å². The summed E-state index contributed by atoms with van der Waals surface area (Å²) in [6.07, 6.45) is 19.0. The van der Waals surface area contributed by atoms with Gasteiger partial charge in [-0.25, -0.2) is 4.79 Å². The molecule has 4 heteroatoms. The predicted octanol–water partition coefficient (Wildman–Crippen LogP) is 4.53. The molecule has 0 unspecified atom stereocenters. The second kappa shape index (κ2) is 18.5. The van der Waals surface area contributed by atoms with E-state index < -0.39 is 18.7 Å². The molecule has 0 aromatic heterocycles. The molecule has 0 fully saturated rings. The van der Waals surface area contributed by atoms with Crippen molar-refractivity contribution in [1.29, 1.82) is 0 Å². The first-order valence-corrected chi connectivity index (χ1v) is 9.83. The van der Waals surface area contributed by atoms with Crippen LogP contribution in [0.25, 0.3) is 0 Å². The van der Waals surface area contributed by atoms with Crippen LogP contribution in [0, 0.1) is 0 Å². The lowest BCUT2D eigenvalue weighted by molar-refractivity contribution is -0.141. The zero-order valence-corrected chi connectivity index (χ0v) is 15.5. The topological polar surface area (TPSA) is 66.8 Å². The number of allylic oxidation sites excluding steroid dienone is 1. The van der Waals surface area contributed by atoms with Crippen LogP contribution in [0.1, 0.15) is 90.4 Å². The van der Waals surface area contributed by atoms with E-state index in [1.165, 1.54) is 76.7 Å². The Labute approximate surface area is 148 Å². The number of ether oxygens (including phenoxy) is 1. The van der Waals surface area contributed by atoms with Gasteiger partial charge in [-0.05, 0) is 12.8 Å². The number of hydrogen-bond acceptors (Lipinski definition) is 4. The van der Waals surface area contributed by atoms with Crippen molar-refractivity contribution in [3.05, 3.63) is 12.2 Å². The highest BCUT2D eigenvalue weighted by molar-refractivity contribution is 5.81. The van der Waals surface area contributed by atoms with Gasteiger partial charge in [0.15, 0.2) is 0 Å². The third-order valence-corrected chi connectivity index (χ3v) is 4.11. The summed E-state index contributed by atoms with van der Waals surface area (Å²) < 4.78 is 4.77. The van der Waals surface area contributed by atoms with Gasteiger partial charge in [-0.15, -0.1) is 0 Å². The number of rotatable bonds is 17. The van der Waals surface area contributed by atoms with E-state index in [9.17, 15) is 4.79 Å². The smallest absolute Gasteiger partial charge is 0.330 e. The second-order valence-electron chi connectivity index (χ2n) is 6.55. The van der Waals surface area contributed by atoms with Crippen LogP contribution in [-0.4, -0.2) is 35.5 Å². The average molecular weight is 343 g/mol. The van der Waals surface area contributed by atoms with Gasteiger partial charge in [0, 0.05) is 6.08 Å². The summed E-state index contributed by atoms with van der Waals surface area (Å²) in [5.74, 6) is -0.457. The Morgan fingerprint density at radius 3 is 1.92 bits per heavy atom. The van der Waals surface area contributed by atoms with Gasteiger partial charge >= 0.3 is 5.97 Å². The van der Waals surface area contributed by atoms with Gasteiger partial charge in [0.25, 0.3) is 0 Å². The van der Waals surface area contributed by atoms with E-state index in [2.05, 4.69) is 6.92 Å². The number of esters is 1. The van der Waals surface area contributed by atoms with E-state index in [1.807, 2.05) is 6.08 Å². The van der Waals surface area contributed by atoms with Gasteiger partial charge in [0.05, 0.1) is 6.61 Å². The maximum absolute atomic E-state index is 11.3. The first-order valence-electron chi connectivity index (χ1n) is 9.83. The maximum atomic E-state index is 11.3. The summed E-state index contributed by atoms with van der Waals surface area (Å²) in [5, 5.41) is 17.6. The van der Waals surface area contributed by atoms with Crippen molar-refractivity contribution in [2.24, 2.45) is 0 Å². The van der Waals surface area contributed by atoms with Crippen molar-refractivity contribution < 1.29 is 19.7 Å². The highest BCUT2D eigenvalue weighted by atomic mass is 16.5. The molecule has 4 nitrogen and oxygen atoms in total. The zero-order valence-electron chi connectivity index (χ0n) is 15.5. The summed E-state index contributed by atoms with van der Waals surface area (Å²) >= 11 is 0. The number of carbonyl (C=O) groups is 1. The lowest BCUT2D eigenvalue weighted by atomic mass is 10.0. The molecule has 0 rings (SSSR count). The normalized spacial score (nSPS) is 12.6. The fraction of sp³-hybridized carbons (Fsp3) is 0.850. The quantitative estimate of drug-likeness (QED) is 0.231. The predicted molar refractivity (Wildman–Crippen MR) is 98.9 cm³/mol. The Kier molecular flexibility index (Phi) is 17.8. The van der Waals surface area contributed by atoms with Crippen molar-refractivity contribution in [1.82, 2.24) is 0 Å².